The molecule has 0 saturated heterocycles. The second-order valence-corrected chi connectivity index (χ2v) is 7.68. The molecule has 0 saturated carbocycles. The molecule has 0 aliphatic rings. The molecular weight excluding hydrogens is 406 g/mol. The minimum absolute atomic E-state index is 0.00455. The summed E-state index contributed by atoms with van der Waals surface area (Å²) in [5.41, 5.74) is 2.34. The van der Waals surface area contributed by atoms with Crippen LogP contribution in [0.3, 0.4) is 0 Å². The summed E-state index contributed by atoms with van der Waals surface area (Å²) < 4.78 is 6.61. The second-order valence-electron chi connectivity index (χ2n) is 6.77. The quantitative estimate of drug-likeness (QED) is 0.602. The van der Waals surface area contributed by atoms with Crippen LogP contribution in [-0.4, -0.2) is 24.3 Å². The molecular formula is C22H26BrNO3. The van der Waals surface area contributed by atoms with E-state index in [1.807, 2.05) is 43.3 Å². The molecule has 0 spiro atoms. The maximum atomic E-state index is 12.0. The summed E-state index contributed by atoms with van der Waals surface area (Å²) in [6.07, 6.45) is 3.06. The molecule has 2 aromatic carbocycles. The molecule has 0 bridgehead atoms. The number of rotatable bonds is 10. The number of ether oxygens (including phenoxy) is 1. The number of hydrogen-bond donors (Lipinski definition) is 1. The molecule has 0 aliphatic heterocycles. The Morgan fingerprint density at radius 2 is 1.59 bits per heavy atom. The van der Waals surface area contributed by atoms with Gasteiger partial charge in [0.25, 0.3) is 5.91 Å². The number of halogens is 1. The highest BCUT2D eigenvalue weighted by Gasteiger charge is 2.09. The monoisotopic (exact) mass is 431 g/mol. The summed E-state index contributed by atoms with van der Waals surface area (Å²) in [4.78, 5) is 23.1. The lowest BCUT2D eigenvalue weighted by molar-refractivity contribution is -0.123. The molecule has 2 aromatic rings. The van der Waals surface area contributed by atoms with Gasteiger partial charge in [0.1, 0.15) is 11.5 Å². The smallest absolute Gasteiger partial charge is 0.258 e. The maximum absolute atomic E-state index is 12.0. The summed E-state index contributed by atoms with van der Waals surface area (Å²) in [6.45, 7) is 3.59. The Kier molecular flexibility index (Phi) is 8.52. The SMILES string of the molecule is CC(=O)CCc1ccc(OCC(=O)NC(C)CCc2ccc(Br)cc2)cc1. The van der Waals surface area contributed by atoms with Gasteiger partial charge in [0.05, 0.1) is 0 Å². The molecule has 0 radical (unpaired) electrons. The first-order valence-corrected chi connectivity index (χ1v) is 9.96. The summed E-state index contributed by atoms with van der Waals surface area (Å²) in [6, 6.07) is 15.8. The Morgan fingerprint density at radius 1 is 1.00 bits per heavy atom. The highest BCUT2D eigenvalue weighted by molar-refractivity contribution is 9.10. The van der Waals surface area contributed by atoms with Crippen molar-refractivity contribution >= 4 is 27.6 Å². The second kappa shape index (κ2) is 10.9. The number of ketones is 1. The van der Waals surface area contributed by atoms with Crippen LogP contribution < -0.4 is 10.1 Å². The first-order chi connectivity index (χ1) is 12.9. The van der Waals surface area contributed by atoms with Crippen molar-refractivity contribution in [2.75, 3.05) is 6.61 Å². The molecule has 1 amide bonds. The van der Waals surface area contributed by atoms with Gasteiger partial charge >= 0.3 is 0 Å². The lowest BCUT2D eigenvalue weighted by Crippen LogP contribution is -2.36. The van der Waals surface area contributed by atoms with Crippen molar-refractivity contribution in [1.82, 2.24) is 5.32 Å². The van der Waals surface area contributed by atoms with Crippen LogP contribution in [0.1, 0.15) is 37.8 Å². The van der Waals surface area contributed by atoms with E-state index in [0.717, 1.165) is 29.3 Å². The summed E-state index contributed by atoms with van der Waals surface area (Å²) >= 11 is 3.43. The lowest BCUT2D eigenvalue weighted by atomic mass is 10.1. The fraction of sp³-hybridized carbons (Fsp3) is 0.364. The van der Waals surface area contributed by atoms with Gasteiger partial charge in [0.15, 0.2) is 6.61 Å². The Morgan fingerprint density at radius 3 is 2.22 bits per heavy atom. The highest BCUT2D eigenvalue weighted by Crippen LogP contribution is 2.14. The van der Waals surface area contributed by atoms with Gasteiger partial charge in [-0.3, -0.25) is 4.79 Å². The van der Waals surface area contributed by atoms with Crippen LogP contribution in [0, 0.1) is 0 Å². The average Bonchev–Trinajstić information content (AvgIpc) is 2.65. The number of aryl methyl sites for hydroxylation is 2. The van der Waals surface area contributed by atoms with E-state index < -0.39 is 0 Å². The average molecular weight is 432 g/mol. The van der Waals surface area contributed by atoms with Gasteiger partial charge in [-0.05, 0) is 68.5 Å². The normalized spacial score (nSPS) is 11.7. The van der Waals surface area contributed by atoms with E-state index in [-0.39, 0.29) is 24.3 Å². The third kappa shape index (κ3) is 8.39. The number of Topliss-reactive ketones (excluding diaryl/α,β-unsaturated/α-hetero) is 1. The van der Waals surface area contributed by atoms with E-state index in [0.29, 0.717) is 12.2 Å². The largest absolute Gasteiger partial charge is 0.484 e. The van der Waals surface area contributed by atoms with Crippen LogP contribution in [0.2, 0.25) is 0 Å². The van der Waals surface area contributed by atoms with Gasteiger partial charge in [-0.2, -0.15) is 0 Å². The summed E-state index contributed by atoms with van der Waals surface area (Å²) in [7, 11) is 0. The van der Waals surface area contributed by atoms with E-state index in [4.69, 9.17) is 4.74 Å². The van der Waals surface area contributed by atoms with Gasteiger partial charge in [0, 0.05) is 16.9 Å². The van der Waals surface area contributed by atoms with Crippen LogP contribution in [0.25, 0.3) is 0 Å². The summed E-state index contributed by atoms with van der Waals surface area (Å²) in [5.74, 6) is 0.708. The van der Waals surface area contributed by atoms with Crippen LogP contribution in [0.15, 0.2) is 53.0 Å². The molecule has 1 unspecified atom stereocenters. The first kappa shape index (κ1) is 21.2. The van der Waals surface area contributed by atoms with Gasteiger partial charge in [-0.1, -0.05) is 40.2 Å². The topological polar surface area (TPSA) is 55.4 Å². The number of carbonyl (C=O) groups excluding carboxylic acids is 2. The van der Waals surface area contributed by atoms with Gasteiger partial charge in [0.2, 0.25) is 0 Å². The van der Waals surface area contributed by atoms with Crippen LogP contribution >= 0.6 is 15.9 Å². The van der Waals surface area contributed by atoms with E-state index in [1.54, 1.807) is 6.92 Å². The van der Waals surface area contributed by atoms with Crippen molar-refractivity contribution in [3.8, 4) is 5.75 Å². The Balaban J connectivity index is 1.68. The Labute approximate surface area is 169 Å². The number of amides is 1. The maximum Gasteiger partial charge on any atom is 0.258 e. The fourth-order valence-corrected chi connectivity index (χ4v) is 2.91. The third-order valence-corrected chi connectivity index (χ3v) is 4.77. The molecule has 0 heterocycles. The minimum atomic E-state index is -0.126. The lowest BCUT2D eigenvalue weighted by Gasteiger charge is -2.14. The van der Waals surface area contributed by atoms with Gasteiger partial charge in [-0.25, -0.2) is 0 Å². The zero-order valence-corrected chi connectivity index (χ0v) is 17.4. The van der Waals surface area contributed by atoms with E-state index in [2.05, 4.69) is 33.4 Å². The van der Waals surface area contributed by atoms with Crippen molar-refractivity contribution in [1.29, 1.82) is 0 Å². The van der Waals surface area contributed by atoms with Crippen molar-refractivity contribution < 1.29 is 14.3 Å². The van der Waals surface area contributed by atoms with Crippen molar-refractivity contribution in [2.45, 2.75) is 45.6 Å². The minimum Gasteiger partial charge on any atom is -0.484 e. The predicted molar refractivity (Wildman–Crippen MR) is 111 cm³/mol. The van der Waals surface area contributed by atoms with Crippen LogP contribution in [0.4, 0.5) is 0 Å². The molecule has 0 aliphatic carbocycles. The zero-order chi connectivity index (χ0) is 19.6. The van der Waals surface area contributed by atoms with Gasteiger partial charge < -0.3 is 14.8 Å². The van der Waals surface area contributed by atoms with E-state index >= 15 is 0 Å². The number of benzene rings is 2. The highest BCUT2D eigenvalue weighted by atomic mass is 79.9. The van der Waals surface area contributed by atoms with Gasteiger partial charge in [-0.15, -0.1) is 0 Å². The first-order valence-electron chi connectivity index (χ1n) is 9.17. The molecule has 27 heavy (non-hydrogen) atoms. The standard InChI is InChI=1S/C22H26BrNO3/c1-16(3-5-18-7-11-20(23)12-8-18)24-22(26)15-27-21-13-9-19(10-14-21)6-4-17(2)25/h7-14,16H,3-6,15H2,1-2H3,(H,24,26). The number of carbonyl (C=O) groups is 2. The van der Waals surface area contributed by atoms with Crippen molar-refractivity contribution in [2.24, 2.45) is 0 Å². The Bertz CT molecular complexity index is 741. The molecule has 5 heteroatoms. The fourth-order valence-electron chi connectivity index (χ4n) is 2.64. The zero-order valence-electron chi connectivity index (χ0n) is 15.8. The summed E-state index contributed by atoms with van der Waals surface area (Å²) in [5, 5.41) is 2.97. The molecule has 0 fully saturated rings. The van der Waals surface area contributed by atoms with Crippen LogP contribution in [0.5, 0.6) is 5.75 Å². The van der Waals surface area contributed by atoms with E-state index in [1.165, 1.54) is 5.56 Å². The molecule has 1 N–H and O–H groups in total. The third-order valence-electron chi connectivity index (χ3n) is 4.25. The molecule has 0 aromatic heterocycles. The molecule has 1 atom stereocenters. The molecule has 4 nitrogen and oxygen atoms in total. The van der Waals surface area contributed by atoms with E-state index in [9.17, 15) is 9.59 Å². The van der Waals surface area contributed by atoms with Crippen molar-refractivity contribution in [3.63, 3.8) is 0 Å². The number of nitrogens with one attached hydrogen (secondary N) is 1. The Hall–Kier alpha value is -2.14. The van der Waals surface area contributed by atoms with Crippen LogP contribution in [-0.2, 0) is 22.4 Å². The van der Waals surface area contributed by atoms with Crippen molar-refractivity contribution in [3.05, 3.63) is 64.1 Å². The predicted octanol–water partition coefficient (Wildman–Crippen LogP) is 4.49. The number of hydrogen-bond acceptors (Lipinski definition) is 3. The molecule has 144 valence electrons. The molecule has 2 rings (SSSR count).